The second kappa shape index (κ2) is 7.46. The molecular weight excluding hydrogens is 260 g/mol. The first-order valence-electron chi connectivity index (χ1n) is 6.19. The predicted molar refractivity (Wildman–Crippen MR) is 75.3 cm³/mol. The van der Waals surface area contributed by atoms with Crippen LogP contribution in [-0.4, -0.2) is 31.5 Å². The number of carbonyl (C=O) groups is 2. The first kappa shape index (κ1) is 15.9. The third kappa shape index (κ3) is 4.22. The SMILES string of the molecule is COc1ccc(NC(=O)[C@@H]([NH])CCCN)cc1C(N)=O. The minimum Gasteiger partial charge on any atom is -0.496 e. The molecule has 0 saturated heterocycles. The summed E-state index contributed by atoms with van der Waals surface area (Å²) in [5.41, 5.74) is 18.8. The molecule has 0 aromatic heterocycles. The van der Waals surface area contributed by atoms with E-state index >= 15 is 0 Å². The van der Waals surface area contributed by atoms with Gasteiger partial charge >= 0.3 is 0 Å². The monoisotopic (exact) mass is 279 g/mol. The molecular formula is C13H19N4O3. The fraction of sp³-hybridized carbons (Fsp3) is 0.385. The summed E-state index contributed by atoms with van der Waals surface area (Å²) in [6, 6.07) is 3.65. The van der Waals surface area contributed by atoms with Crippen LogP contribution in [0.25, 0.3) is 0 Å². The van der Waals surface area contributed by atoms with Crippen molar-refractivity contribution in [2.75, 3.05) is 19.0 Å². The van der Waals surface area contributed by atoms with Crippen molar-refractivity contribution in [3.05, 3.63) is 23.8 Å². The zero-order valence-corrected chi connectivity index (χ0v) is 11.3. The van der Waals surface area contributed by atoms with Gasteiger partial charge in [0, 0.05) is 5.69 Å². The summed E-state index contributed by atoms with van der Waals surface area (Å²) < 4.78 is 5.00. The molecule has 2 amide bonds. The highest BCUT2D eigenvalue weighted by Crippen LogP contribution is 2.22. The van der Waals surface area contributed by atoms with Crippen LogP contribution < -0.4 is 27.3 Å². The molecule has 1 aromatic rings. The molecule has 1 atom stereocenters. The lowest BCUT2D eigenvalue weighted by Crippen LogP contribution is -2.29. The Morgan fingerprint density at radius 3 is 2.70 bits per heavy atom. The Labute approximate surface area is 117 Å². The van der Waals surface area contributed by atoms with Crippen molar-refractivity contribution in [1.29, 1.82) is 0 Å². The van der Waals surface area contributed by atoms with Gasteiger partial charge in [0.15, 0.2) is 0 Å². The van der Waals surface area contributed by atoms with Gasteiger partial charge in [0.2, 0.25) is 5.91 Å². The topological polar surface area (TPSA) is 131 Å². The van der Waals surface area contributed by atoms with Crippen LogP contribution in [-0.2, 0) is 4.79 Å². The number of nitrogens with two attached hydrogens (primary N) is 2. The Hall–Kier alpha value is -2.12. The minimum atomic E-state index is -0.891. The molecule has 0 aliphatic rings. The van der Waals surface area contributed by atoms with Gasteiger partial charge in [-0.05, 0) is 37.6 Å². The number of nitrogens with one attached hydrogen (secondary N) is 2. The van der Waals surface area contributed by atoms with E-state index in [1.165, 1.54) is 19.2 Å². The van der Waals surface area contributed by atoms with E-state index < -0.39 is 17.9 Å². The zero-order valence-electron chi connectivity index (χ0n) is 11.3. The number of amides is 2. The number of hydrogen-bond acceptors (Lipinski definition) is 4. The molecule has 0 aliphatic carbocycles. The second-order valence-electron chi connectivity index (χ2n) is 4.25. The van der Waals surface area contributed by atoms with E-state index in [1.807, 2.05) is 0 Å². The van der Waals surface area contributed by atoms with Gasteiger partial charge in [-0.25, -0.2) is 5.73 Å². The summed E-state index contributed by atoms with van der Waals surface area (Å²) in [5.74, 6) is -0.761. The zero-order chi connectivity index (χ0) is 15.1. The van der Waals surface area contributed by atoms with Crippen molar-refractivity contribution in [3.63, 3.8) is 0 Å². The maximum atomic E-state index is 11.8. The number of ether oxygens (including phenoxy) is 1. The highest BCUT2D eigenvalue weighted by atomic mass is 16.5. The van der Waals surface area contributed by atoms with Crippen LogP contribution >= 0.6 is 0 Å². The maximum Gasteiger partial charge on any atom is 0.252 e. The Bertz CT molecular complexity index is 491. The Morgan fingerprint density at radius 2 is 2.15 bits per heavy atom. The highest BCUT2D eigenvalue weighted by molar-refractivity contribution is 5.99. The molecule has 0 unspecified atom stereocenters. The molecule has 7 heteroatoms. The van der Waals surface area contributed by atoms with Gasteiger partial charge in [-0.2, -0.15) is 0 Å². The fourth-order valence-electron chi connectivity index (χ4n) is 1.66. The van der Waals surface area contributed by atoms with Crippen molar-refractivity contribution in [1.82, 2.24) is 5.73 Å². The lowest BCUT2D eigenvalue weighted by Gasteiger charge is -2.12. The molecule has 1 aromatic carbocycles. The lowest BCUT2D eigenvalue weighted by atomic mass is 10.1. The molecule has 0 spiro atoms. The van der Waals surface area contributed by atoms with Crippen LogP contribution in [0.15, 0.2) is 18.2 Å². The van der Waals surface area contributed by atoms with Gasteiger partial charge < -0.3 is 21.5 Å². The average molecular weight is 279 g/mol. The van der Waals surface area contributed by atoms with Crippen LogP contribution in [0.1, 0.15) is 23.2 Å². The second-order valence-corrected chi connectivity index (χ2v) is 4.25. The average Bonchev–Trinajstić information content (AvgIpc) is 2.44. The van der Waals surface area contributed by atoms with Gasteiger partial charge in [-0.1, -0.05) is 0 Å². The van der Waals surface area contributed by atoms with Crippen LogP contribution in [0.2, 0.25) is 0 Å². The Morgan fingerprint density at radius 1 is 1.45 bits per heavy atom. The van der Waals surface area contributed by atoms with Crippen LogP contribution in [0.3, 0.4) is 0 Å². The maximum absolute atomic E-state index is 11.8. The van der Waals surface area contributed by atoms with E-state index in [0.717, 1.165) is 0 Å². The fourth-order valence-corrected chi connectivity index (χ4v) is 1.66. The molecule has 0 aliphatic heterocycles. The predicted octanol–water partition coefficient (Wildman–Crippen LogP) is 0.123. The van der Waals surface area contributed by atoms with E-state index in [2.05, 4.69) is 5.32 Å². The number of methoxy groups -OCH3 is 1. The standard InChI is InChI=1S/C13H19N4O3/c1-20-11-5-4-8(7-9(11)12(16)18)17-13(19)10(15)3-2-6-14/h4-5,7,10,15H,2-3,6,14H2,1H3,(H2,16,18)(H,17,19)/t10-/m0/s1. The quantitative estimate of drug-likeness (QED) is 0.654. The third-order valence-electron chi connectivity index (χ3n) is 2.75. The molecule has 0 saturated carbocycles. The largest absolute Gasteiger partial charge is 0.496 e. The van der Waals surface area contributed by atoms with E-state index in [0.29, 0.717) is 30.8 Å². The molecule has 109 valence electrons. The van der Waals surface area contributed by atoms with Crippen molar-refractivity contribution >= 4 is 17.5 Å². The number of carbonyl (C=O) groups excluding carboxylic acids is 2. The van der Waals surface area contributed by atoms with Gasteiger partial charge in [0.1, 0.15) is 11.8 Å². The number of benzene rings is 1. The van der Waals surface area contributed by atoms with Crippen molar-refractivity contribution < 1.29 is 14.3 Å². The summed E-state index contributed by atoms with van der Waals surface area (Å²) in [6.45, 7) is 0.441. The van der Waals surface area contributed by atoms with Crippen LogP contribution in [0.4, 0.5) is 5.69 Å². The van der Waals surface area contributed by atoms with Crippen molar-refractivity contribution in [3.8, 4) is 5.75 Å². The Kier molecular flexibility index (Phi) is 5.95. The van der Waals surface area contributed by atoms with Gasteiger partial charge in [0.05, 0.1) is 12.7 Å². The molecule has 0 fully saturated rings. The summed E-state index contributed by atoms with van der Waals surface area (Å²) in [7, 11) is 1.42. The van der Waals surface area contributed by atoms with Crippen LogP contribution in [0, 0.1) is 0 Å². The van der Waals surface area contributed by atoms with E-state index in [9.17, 15) is 9.59 Å². The minimum absolute atomic E-state index is 0.175. The van der Waals surface area contributed by atoms with E-state index in [4.69, 9.17) is 21.9 Å². The number of primary amides is 1. The normalized spacial score (nSPS) is 11.8. The van der Waals surface area contributed by atoms with Crippen molar-refractivity contribution in [2.45, 2.75) is 18.9 Å². The van der Waals surface area contributed by atoms with Gasteiger partial charge in [-0.15, -0.1) is 0 Å². The van der Waals surface area contributed by atoms with E-state index in [1.54, 1.807) is 6.07 Å². The Balaban J connectivity index is 2.80. The number of anilines is 1. The smallest absolute Gasteiger partial charge is 0.252 e. The molecule has 6 N–H and O–H groups in total. The van der Waals surface area contributed by atoms with Crippen molar-refractivity contribution in [2.24, 2.45) is 11.5 Å². The summed E-state index contributed by atoms with van der Waals surface area (Å²) in [6.07, 6.45) is 0.998. The van der Waals surface area contributed by atoms with Gasteiger partial charge in [0.25, 0.3) is 5.91 Å². The van der Waals surface area contributed by atoms with E-state index in [-0.39, 0.29) is 5.56 Å². The first-order valence-corrected chi connectivity index (χ1v) is 6.19. The first-order chi connectivity index (χ1) is 9.49. The highest BCUT2D eigenvalue weighted by Gasteiger charge is 2.15. The molecule has 1 radical (unpaired) electrons. The lowest BCUT2D eigenvalue weighted by molar-refractivity contribution is -0.117. The summed E-state index contributed by atoms with van der Waals surface area (Å²) in [4.78, 5) is 23.0. The van der Waals surface area contributed by atoms with Crippen LogP contribution in [0.5, 0.6) is 5.75 Å². The molecule has 7 nitrogen and oxygen atoms in total. The number of hydrogen-bond donors (Lipinski definition) is 3. The molecule has 20 heavy (non-hydrogen) atoms. The number of rotatable bonds is 7. The molecule has 0 heterocycles. The molecule has 1 rings (SSSR count). The van der Waals surface area contributed by atoms with Gasteiger partial charge in [-0.3, -0.25) is 9.59 Å². The summed E-state index contributed by atoms with van der Waals surface area (Å²) >= 11 is 0. The third-order valence-corrected chi connectivity index (χ3v) is 2.75. The molecule has 0 bridgehead atoms. The summed E-state index contributed by atoms with van der Waals surface area (Å²) in [5, 5.41) is 2.57.